The molecule has 2 aromatic heterocycles. The number of rotatable bonds is 10. The molecule has 2 aromatic carbocycles. The lowest BCUT2D eigenvalue weighted by Crippen LogP contribution is -2.52. The number of hydrogen-bond acceptors (Lipinski definition) is 9. The maximum Gasteiger partial charge on any atom is 0.240 e. The van der Waals surface area contributed by atoms with Gasteiger partial charge in [0.1, 0.15) is 6.04 Å². The van der Waals surface area contributed by atoms with Gasteiger partial charge in [0, 0.05) is 47.8 Å². The summed E-state index contributed by atoms with van der Waals surface area (Å²) < 4.78 is 24.0. The topological polar surface area (TPSA) is 191 Å². The van der Waals surface area contributed by atoms with E-state index in [1.807, 2.05) is 24.3 Å². The van der Waals surface area contributed by atoms with Crippen molar-refractivity contribution in [2.24, 2.45) is 23.3 Å². The molecule has 1 atom stereocenters. The molecule has 2 amide bonds. The predicted octanol–water partition coefficient (Wildman–Crippen LogP) is 2.53. The van der Waals surface area contributed by atoms with Crippen molar-refractivity contribution in [3.8, 4) is 22.5 Å². The van der Waals surface area contributed by atoms with E-state index in [4.69, 9.17) is 11.5 Å². The van der Waals surface area contributed by atoms with Gasteiger partial charge in [-0.1, -0.05) is 24.3 Å². The fourth-order valence-corrected chi connectivity index (χ4v) is 6.11. The molecule has 1 saturated carbocycles. The molecular formula is C30H34N8O4S. The highest BCUT2D eigenvalue weighted by molar-refractivity contribution is 7.90. The minimum absolute atomic E-state index is 0.128. The van der Waals surface area contributed by atoms with Gasteiger partial charge in [-0.3, -0.25) is 19.5 Å². The number of nitrogens with zero attached hydrogens (tertiary/aromatic N) is 5. The van der Waals surface area contributed by atoms with E-state index in [9.17, 15) is 18.0 Å². The number of anilines is 1. The third-order valence-corrected chi connectivity index (χ3v) is 9.09. The van der Waals surface area contributed by atoms with Gasteiger partial charge in [-0.2, -0.15) is 5.21 Å². The number of sulfone groups is 1. The monoisotopic (exact) mass is 602 g/mol. The maximum absolute atomic E-state index is 14.1. The van der Waals surface area contributed by atoms with Crippen LogP contribution < -0.4 is 16.4 Å². The Bertz CT molecular complexity index is 1670. The van der Waals surface area contributed by atoms with Crippen LogP contribution in [-0.4, -0.2) is 64.7 Å². The fraction of sp³-hybridized carbons (Fsp3) is 0.333. The van der Waals surface area contributed by atoms with E-state index in [2.05, 4.69) is 25.6 Å². The fourth-order valence-electron chi connectivity index (χ4n) is 5.51. The van der Waals surface area contributed by atoms with E-state index in [0.29, 0.717) is 47.9 Å². The van der Waals surface area contributed by atoms with Crippen LogP contribution in [0.1, 0.15) is 31.2 Å². The Morgan fingerprint density at radius 1 is 0.977 bits per heavy atom. The summed E-state index contributed by atoms with van der Waals surface area (Å²) in [5.41, 5.74) is 15.3. The van der Waals surface area contributed by atoms with Crippen molar-refractivity contribution in [3.05, 3.63) is 72.6 Å². The predicted molar refractivity (Wildman–Crippen MR) is 161 cm³/mol. The maximum atomic E-state index is 14.1. The Morgan fingerprint density at radius 2 is 1.65 bits per heavy atom. The van der Waals surface area contributed by atoms with E-state index < -0.39 is 21.8 Å². The van der Waals surface area contributed by atoms with Crippen molar-refractivity contribution in [1.29, 1.82) is 0 Å². The van der Waals surface area contributed by atoms with Crippen molar-refractivity contribution in [2.75, 3.05) is 17.7 Å². The minimum Gasteiger partial charge on any atom is -0.368 e. The zero-order valence-electron chi connectivity index (χ0n) is 23.8. The number of pyridine rings is 1. The van der Waals surface area contributed by atoms with Gasteiger partial charge in [0.2, 0.25) is 17.6 Å². The number of hydrogen-bond donors (Lipinski definition) is 3. The summed E-state index contributed by atoms with van der Waals surface area (Å²) in [7, 11) is -3.41. The lowest BCUT2D eigenvalue weighted by atomic mass is 9.81. The average Bonchev–Trinajstić information content (AvgIpc) is 3.56. The highest BCUT2D eigenvalue weighted by atomic mass is 32.2. The van der Waals surface area contributed by atoms with Gasteiger partial charge in [-0.15, -0.1) is 10.2 Å². The number of carbonyl (C=O) groups excluding carboxylic acids is 2. The van der Waals surface area contributed by atoms with Crippen molar-refractivity contribution < 1.29 is 18.0 Å². The van der Waals surface area contributed by atoms with Crippen molar-refractivity contribution in [3.63, 3.8) is 0 Å². The van der Waals surface area contributed by atoms with Crippen LogP contribution in [0.4, 0.5) is 5.69 Å². The summed E-state index contributed by atoms with van der Waals surface area (Å²) in [6.07, 6.45) is 7.33. The molecular weight excluding hydrogens is 568 g/mol. The minimum atomic E-state index is -3.41. The lowest BCUT2D eigenvalue weighted by Gasteiger charge is -2.35. The molecule has 13 heteroatoms. The second kappa shape index (κ2) is 12.8. The third-order valence-electron chi connectivity index (χ3n) is 8.01. The van der Waals surface area contributed by atoms with Crippen molar-refractivity contribution >= 4 is 27.3 Å². The second-order valence-electron chi connectivity index (χ2n) is 10.9. The standard InChI is InChI=1S/C30H34N8O4S/c1-43(41,42)26-15-24(17-33-18-26)21-6-2-19(3-7-21)14-27(28(32)39)38(30(40)23-8-4-20(16-31)5-9-23)25-12-10-22(11-13-25)29-34-36-37-35-29/h2-3,6-7,10-13,15,17-18,20,23,27H,4-5,8-9,14,16,31H2,1H3,(H2,32,39)(H,34,35,36,37)/t20?,23?,27-/m0/s1. The molecule has 4 aromatic rings. The second-order valence-corrected chi connectivity index (χ2v) is 13.0. The van der Waals surface area contributed by atoms with Crippen LogP contribution in [0.5, 0.6) is 0 Å². The number of carbonyl (C=O) groups is 2. The SMILES string of the molecule is CS(=O)(=O)c1cncc(-c2ccc(C[C@@H](C(N)=O)N(C(=O)C3CCC(CN)CC3)c3ccc(-c4nn[nH]n4)cc3)cc2)c1. The molecule has 43 heavy (non-hydrogen) atoms. The molecule has 5 N–H and O–H groups in total. The molecule has 5 rings (SSSR count). The smallest absolute Gasteiger partial charge is 0.240 e. The molecule has 12 nitrogen and oxygen atoms in total. The van der Waals surface area contributed by atoms with Crippen LogP contribution in [0.2, 0.25) is 0 Å². The number of tetrazole rings is 1. The Morgan fingerprint density at radius 3 is 2.23 bits per heavy atom. The van der Waals surface area contributed by atoms with E-state index >= 15 is 0 Å². The van der Waals surface area contributed by atoms with E-state index in [1.54, 1.807) is 36.5 Å². The normalized spacial score (nSPS) is 17.7. The Balaban J connectivity index is 1.44. The first kappa shape index (κ1) is 30.0. The quantitative estimate of drug-likeness (QED) is 0.245. The first-order valence-corrected chi connectivity index (χ1v) is 15.9. The third kappa shape index (κ3) is 6.95. The van der Waals surface area contributed by atoms with Crippen LogP contribution in [-0.2, 0) is 25.8 Å². The Kier molecular flexibility index (Phi) is 8.92. The van der Waals surface area contributed by atoms with Crippen LogP contribution in [0, 0.1) is 11.8 Å². The highest BCUT2D eigenvalue weighted by Crippen LogP contribution is 2.33. The first-order valence-electron chi connectivity index (χ1n) is 14.0. The summed E-state index contributed by atoms with van der Waals surface area (Å²) in [4.78, 5) is 32.8. The van der Waals surface area contributed by atoms with Crippen LogP contribution >= 0.6 is 0 Å². The number of primary amides is 1. The molecule has 0 bridgehead atoms. The summed E-state index contributed by atoms with van der Waals surface area (Å²) in [5, 5.41) is 14.0. The molecule has 1 aliphatic rings. The zero-order chi connectivity index (χ0) is 30.6. The molecule has 1 fully saturated rings. The molecule has 2 heterocycles. The number of amides is 2. The van der Waals surface area contributed by atoms with Gasteiger partial charge < -0.3 is 11.5 Å². The zero-order valence-corrected chi connectivity index (χ0v) is 24.6. The lowest BCUT2D eigenvalue weighted by molar-refractivity contribution is -0.127. The summed E-state index contributed by atoms with van der Waals surface area (Å²) in [6.45, 7) is 0.594. The van der Waals surface area contributed by atoms with Gasteiger partial charge in [0.15, 0.2) is 9.84 Å². The van der Waals surface area contributed by atoms with Crippen molar-refractivity contribution in [1.82, 2.24) is 25.6 Å². The van der Waals surface area contributed by atoms with Gasteiger partial charge in [-0.05, 0) is 84.8 Å². The van der Waals surface area contributed by atoms with Crippen LogP contribution in [0.3, 0.4) is 0 Å². The van der Waals surface area contributed by atoms with Gasteiger partial charge in [0.25, 0.3) is 0 Å². The van der Waals surface area contributed by atoms with Gasteiger partial charge >= 0.3 is 0 Å². The summed E-state index contributed by atoms with van der Waals surface area (Å²) in [6, 6.07) is 15.0. The number of nitrogens with two attached hydrogens (primary N) is 2. The molecule has 1 aliphatic carbocycles. The number of benzene rings is 2. The van der Waals surface area contributed by atoms with Crippen LogP contribution in [0.25, 0.3) is 22.5 Å². The Labute approximate surface area is 249 Å². The average molecular weight is 603 g/mol. The molecule has 0 aliphatic heterocycles. The van der Waals surface area contributed by atoms with E-state index in [-0.39, 0.29) is 23.1 Å². The molecule has 0 unspecified atom stereocenters. The number of aromatic amines is 1. The van der Waals surface area contributed by atoms with Crippen molar-refractivity contribution in [2.45, 2.75) is 43.0 Å². The van der Waals surface area contributed by atoms with E-state index in [1.165, 1.54) is 11.1 Å². The largest absolute Gasteiger partial charge is 0.368 e. The Hall–Kier alpha value is -4.49. The van der Waals surface area contributed by atoms with Crippen LogP contribution in [0.15, 0.2) is 71.9 Å². The summed E-state index contributed by atoms with van der Waals surface area (Å²) in [5.74, 6) is -0.218. The number of nitrogens with one attached hydrogen (secondary N) is 1. The highest BCUT2D eigenvalue weighted by Gasteiger charge is 2.36. The molecule has 224 valence electrons. The number of aromatic nitrogens is 5. The van der Waals surface area contributed by atoms with Gasteiger partial charge in [-0.25, -0.2) is 8.42 Å². The molecule has 0 saturated heterocycles. The number of H-pyrrole nitrogens is 1. The summed E-state index contributed by atoms with van der Waals surface area (Å²) >= 11 is 0. The molecule has 0 radical (unpaired) electrons. The van der Waals surface area contributed by atoms with Gasteiger partial charge in [0.05, 0.1) is 4.90 Å². The first-order chi connectivity index (χ1) is 20.6. The van der Waals surface area contributed by atoms with E-state index in [0.717, 1.165) is 30.2 Å². The molecule has 0 spiro atoms.